The van der Waals surface area contributed by atoms with Crippen molar-refractivity contribution in [3.05, 3.63) is 29.3 Å². The first-order chi connectivity index (χ1) is 15.1. The summed E-state index contributed by atoms with van der Waals surface area (Å²) in [6, 6.07) is 6.36. The van der Waals surface area contributed by atoms with Crippen LogP contribution in [0.3, 0.4) is 0 Å². The number of nitrogens with one attached hydrogen (secondary N) is 3. The van der Waals surface area contributed by atoms with Gasteiger partial charge in [-0.2, -0.15) is 0 Å². The van der Waals surface area contributed by atoms with Crippen molar-refractivity contribution in [1.82, 2.24) is 20.3 Å². The maximum atomic E-state index is 13.0. The molecule has 0 radical (unpaired) electrons. The molecule has 2 aliphatic rings. The van der Waals surface area contributed by atoms with Gasteiger partial charge in [0.1, 0.15) is 0 Å². The smallest absolute Gasteiger partial charge is 0.242 e. The van der Waals surface area contributed by atoms with Gasteiger partial charge in [-0.1, -0.05) is 31.7 Å². The van der Waals surface area contributed by atoms with Gasteiger partial charge in [0.2, 0.25) is 10.0 Å². The van der Waals surface area contributed by atoms with Gasteiger partial charge in [0.15, 0.2) is 0 Å². The number of fused-ring (bicyclic) bond motifs is 1. The minimum absolute atomic E-state index is 0.429. The molecule has 0 atom stereocenters. The zero-order valence-electron chi connectivity index (χ0n) is 19.3. The molecule has 1 aliphatic heterocycles. The predicted molar refractivity (Wildman–Crippen MR) is 128 cm³/mol. The normalized spacial score (nSPS) is 18.5. The maximum Gasteiger partial charge on any atom is 0.242 e. The summed E-state index contributed by atoms with van der Waals surface area (Å²) in [6.45, 7) is 5.37. The van der Waals surface area contributed by atoms with E-state index in [0.717, 1.165) is 58.4 Å². The van der Waals surface area contributed by atoms with Crippen LogP contribution >= 0.6 is 0 Å². The predicted octanol–water partition coefficient (Wildman–Crippen LogP) is 2.68. The Morgan fingerprint density at radius 3 is 2.48 bits per heavy atom. The molecule has 0 bridgehead atoms. The fraction of sp³-hybridized carbons (Fsp3) is 0.750. The number of hydrogen-bond acceptors (Lipinski definition) is 5. The molecule has 0 aromatic heterocycles. The third-order valence-corrected chi connectivity index (χ3v) is 8.55. The highest BCUT2D eigenvalue weighted by Gasteiger charge is 2.22. The Morgan fingerprint density at radius 2 is 1.71 bits per heavy atom. The highest BCUT2D eigenvalue weighted by molar-refractivity contribution is 7.89. The maximum absolute atomic E-state index is 13.0. The van der Waals surface area contributed by atoms with Gasteiger partial charge in [0, 0.05) is 32.7 Å². The lowest BCUT2D eigenvalue weighted by Crippen LogP contribution is -2.35. The SMILES string of the molecule is CN(CCCCNCCNC1CCCCCC1)S(=O)(=O)c1ccc2c(c1)CCNCC2. The Balaban J connectivity index is 1.32. The monoisotopic (exact) mass is 450 g/mol. The van der Waals surface area contributed by atoms with E-state index >= 15 is 0 Å². The first kappa shape index (κ1) is 24.6. The number of unbranched alkanes of at least 4 members (excludes halogenated alkanes) is 1. The van der Waals surface area contributed by atoms with Crippen LogP contribution in [-0.2, 0) is 22.9 Å². The molecule has 1 saturated carbocycles. The molecule has 1 aromatic carbocycles. The van der Waals surface area contributed by atoms with E-state index in [1.807, 2.05) is 12.1 Å². The van der Waals surface area contributed by atoms with Gasteiger partial charge in [0.25, 0.3) is 0 Å². The van der Waals surface area contributed by atoms with Crippen LogP contribution in [0, 0.1) is 0 Å². The van der Waals surface area contributed by atoms with Gasteiger partial charge >= 0.3 is 0 Å². The Hall–Kier alpha value is -0.990. The topological polar surface area (TPSA) is 73.5 Å². The second-order valence-electron chi connectivity index (χ2n) is 9.11. The second-order valence-corrected chi connectivity index (χ2v) is 11.2. The summed E-state index contributed by atoms with van der Waals surface area (Å²) >= 11 is 0. The van der Waals surface area contributed by atoms with Gasteiger partial charge in [-0.05, 0) is 81.4 Å². The molecule has 0 spiro atoms. The summed E-state index contributed by atoms with van der Waals surface area (Å²) < 4.78 is 27.5. The molecule has 31 heavy (non-hydrogen) atoms. The first-order valence-electron chi connectivity index (χ1n) is 12.3. The standard InChI is InChI=1S/C24H42N4O2S/c1-28(19-7-6-14-25-17-18-27-23-8-4-2-3-5-9-23)31(29,30)24-11-10-21-12-15-26-16-13-22(21)20-24/h10-11,20,23,25-27H,2-9,12-19H2,1H3. The molecule has 3 rings (SSSR count). The number of benzene rings is 1. The molecule has 1 heterocycles. The average molecular weight is 451 g/mol. The van der Waals surface area contributed by atoms with Crippen molar-refractivity contribution in [2.45, 2.75) is 75.1 Å². The molecular formula is C24H42N4O2S. The first-order valence-corrected chi connectivity index (χ1v) is 13.7. The number of rotatable bonds is 11. The molecule has 0 amide bonds. The van der Waals surface area contributed by atoms with Gasteiger partial charge in [-0.3, -0.25) is 0 Å². The van der Waals surface area contributed by atoms with Crippen molar-refractivity contribution in [3.63, 3.8) is 0 Å². The van der Waals surface area contributed by atoms with E-state index in [1.165, 1.54) is 54.0 Å². The number of hydrogen-bond donors (Lipinski definition) is 3. The lowest BCUT2D eigenvalue weighted by Gasteiger charge is -2.18. The molecule has 0 saturated heterocycles. The fourth-order valence-electron chi connectivity index (χ4n) is 4.67. The van der Waals surface area contributed by atoms with Crippen molar-refractivity contribution < 1.29 is 8.42 Å². The van der Waals surface area contributed by atoms with Crippen LogP contribution in [0.2, 0.25) is 0 Å². The summed E-state index contributed by atoms with van der Waals surface area (Å²) in [7, 11) is -1.72. The van der Waals surface area contributed by atoms with Crippen LogP contribution < -0.4 is 16.0 Å². The number of nitrogens with zero attached hydrogens (tertiary/aromatic N) is 1. The average Bonchev–Trinajstić information content (AvgIpc) is 3.17. The van der Waals surface area contributed by atoms with E-state index in [0.29, 0.717) is 17.5 Å². The molecule has 1 aromatic rings. The third kappa shape index (κ3) is 7.82. The number of sulfonamides is 1. The van der Waals surface area contributed by atoms with Crippen LogP contribution in [0.25, 0.3) is 0 Å². The minimum atomic E-state index is -3.42. The summed E-state index contributed by atoms with van der Waals surface area (Å²) in [5.41, 5.74) is 2.44. The Labute approximate surface area is 189 Å². The lowest BCUT2D eigenvalue weighted by molar-refractivity contribution is 0.441. The van der Waals surface area contributed by atoms with Crippen LogP contribution in [0.4, 0.5) is 0 Å². The van der Waals surface area contributed by atoms with E-state index in [4.69, 9.17) is 0 Å². The van der Waals surface area contributed by atoms with Gasteiger partial charge in [-0.25, -0.2) is 12.7 Å². The summed E-state index contributed by atoms with van der Waals surface area (Å²) in [5, 5.41) is 10.5. The van der Waals surface area contributed by atoms with Crippen molar-refractivity contribution >= 4 is 10.0 Å². The molecule has 0 unspecified atom stereocenters. The fourth-order valence-corrected chi connectivity index (χ4v) is 5.93. The highest BCUT2D eigenvalue weighted by atomic mass is 32.2. The van der Waals surface area contributed by atoms with Crippen LogP contribution in [0.5, 0.6) is 0 Å². The van der Waals surface area contributed by atoms with E-state index < -0.39 is 10.0 Å². The van der Waals surface area contributed by atoms with Crippen molar-refractivity contribution in [3.8, 4) is 0 Å². The lowest BCUT2D eigenvalue weighted by atomic mass is 10.0. The van der Waals surface area contributed by atoms with Crippen LogP contribution in [0.1, 0.15) is 62.5 Å². The Kier molecular flexibility index (Phi) is 10.3. The van der Waals surface area contributed by atoms with Gasteiger partial charge in [-0.15, -0.1) is 0 Å². The quantitative estimate of drug-likeness (QED) is 0.357. The molecule has 3 N–H and O–H groups in total. The largest absolute Gasteiger partial charge is 0.316 e. The summed E-state index contributed by atoms with van der Waals surface area (Å²) in [4.78, 5) is 0.429. The molecule has 1 aliphatic carbocycles. The minimum Gasteiger partial charge on any atom is -0.316 e. The van der Waals surface area contributed by atoms with Crippen LogP contribution in [0.15, 0.2) is 23.1 Å². The van der Waals surface area contributed by atoms with Gasteiger partial charge in [0.05, 0.1) is 4.90 Å². The molecule has 1 fully saturated rings. The molecule has 6 nitrogen and oxygen atoms in total. The van der Waals surface area contributed by atoms with E-state index in [-0.39, 0.29) is 0 Å². The highest BCUT2D eigenvalue weighted by Crippen LogP contribution is 2.21. The third-order valence-electron chi connectivity index (χ3n) is 6.69. The summed E-state index contributed by atoms with van der Waals surface area (Å²) in [6.07, 6.45) is 11.9. The van der Waals surface area contributed by atoms with Crippen molar-refractivity contribution in [2.75, 3.05) is 46.3 Å². The van der Waals surface area contributed by atoms with E-state index in [1.54, 1.807) is 13.1 Å². The second kappa shape index (κ2) is 12.9. The summed E-state index contributed by atoms with van der Waals surface area (Å²) in [5.74, 6) is 0. The molecular weight excluding hydrogens is 408 g/mol. The van der Waals surface area contributed by atoms with E-state index in [9.17, 15) is 8.42 Å². The zero-order valence-corrected chi connectivity index (χ0v) is 20.1. The Morgan fingerprint density at radius 1 is 0.968 bits per heavy atom. The van der Waals surface area contributed by atoms with Crippen molar-refractivity contribution in [1.29, 1.82) is 0 Å². The Bertz CT molecular complexity index is 761. The molecule has 176 valence electrons. The van der Waals surface area contributed by atoms with Crippen molar-refractivity contribution in [2.24, 2.45) is 0 Å². The van der Waals surface area contributed by atoms with Crippen LogP contribution in [-0.4, -0.2) is 65.1 Å². The van der Waals surface area contributed by atoms with Gasteiger partial charge < -0.3 is 16.0 Å². The van der Waals surface area contributed by atoms with E-state index in [2.05, 4.69) is 16.0 Å². The molecule has 7 heteroatoms. The zero-order chi connectivity index (χ0) is 21.9.